The zero-order valence-electron chi connectivity index (χ0n) is 16.3. The molecule has 29 heavy (non-hydrogen) atoms. The molecule has 0 atom stereocenters. The highest BCUT2D eigenvalue weighted by Crippen LogP contribution is 2.23. The van der Waals surface area contributed by atoms with Crippen LogP contribution in [-0.4, -0.2) is 14.3 Å². The second-order valence-electron chi connectivity index (χ2n) is 6.85. The Balaban J connectivity index is 1.88. The third-order valence-corrected chi connectivity index (χ3v) is 6.12. The normalized spacial score (nSPS) is 11.2. The maximum absolute atomic E-state index is 13.0. The predicted octanol–water partition coefficient (Wildman–Crippen LogP) is 4.80. The molecule has 0 aliphatic carbocycles. The Morgan fingerprint density at radius 3 is 2.07 bits per heavy atom. The lowest BCUT2D eigenvalue weighted by atomic mass is 10.1. The van der Waals surface area contributed by atoms with E-state index < -0.39 is 21.7 Å². The number of anilines is 2. The number of nitrogens with one attached hydrogen (secondary N) is 2. The van der Waals surface area contributed by atoms with E-state index in [1.807, 2.05) is 19.9 Å². The van der Waals surface area contributed by atoms with Crippen molar-refractivity contribution in [2.45, 2.75) is 25.7 Å². The van der Waals surface area contributed by atoms with E-state index in [1.165, 1.54) is 30.3 Å². The molecule has 3 aromatic carbocycles. The first-order valence-electron chi connectivity index (χ1n) is 8.93. The molecule has 5 nitrogen and oxygen atoms in total. The molecule has 0 spiro atoms. The van der Waals surface area contributed by atoms with Gasteiger partial charge in [-0.2, -0.15) is 0 Å². The molecule has 0 heterocycles. The lowest BCUT2D eigenvalue weighted by molar-refractivity contribution is 0.102. The van der Waals surface area contributed by atoms with Crippen LogP contribution in [-0.2, 0) is 10.0 Å². The largest absolute Gasteiger partial charge is 0.322 e. The highest BCUT2D eigenvalue weighted by molar-refractivity contribution is 7.92. The summed E-state index contributed by atoms with van der Waals surface area (Å²) in [6.45, 7) is 5.51. The van der Waals surface area contributed by atoms with Gasteiger partial charge in [0.1, 0.15) is 5.82 Å². The molecule has 3 aromatic rings. The van der Waals surface area contributed by atoms with Gasteiger partial charge in [-0.1, -0.05) is 12.1 Å². The van der Waals surface area contributed by atoms with Gasteiger partial charge in [-0.15, -0.1) is 0 Å². The van der Waals surface area contributed by atoms with Crippen LogP contribution < -0.4 is 10.0 Å². The van der Waals surface area contributed by atoms with Crippen molar-refractivity contribution in [2.24, 2.45) is 0 Å². The van der Waals surface area contributed by atoms with Crippen molar-refractivity contribution < 1.29 is 17.6 Å². The molecule has 0 saturated heterocycles. The molecule has 0 aliphatic rings. The lowest BCUT2D eigenvalue weighted by Crippen LogP contribution is -2.17. The number of benzene rings is 3. The van der Waals surface area contributed by atoms with E-state index in [9.17, 15) is 17.6 Å². The first kappa shape index (κ1) is 20.5. The highest BCUT2D eigenvalue weighted by Gasteiger charge is 2.20. The molecule has 7 heteroatoms. The van der Waals surface area contributed by atoms with Crippen LogP contribution in [0.2, 0.25) is 0 Å². The Morgan fingerprint density at radius 1 is 0.793 bits per heavy atom. The van der Waals surface area contributed by atoms with Gasteiger partial charge in [-0.25, -0.2) is 12.8 Å². The van der Waals surface area contributed by atoms with Crippen LogP contribution in [0, 0.1) is 26.6 Å². The quantitative estimate of drug-likeness (QED) is 0.632. The van der Waals surface area contributed by atoms with Crippen molar-refractivity contribution >= 4 is 27.3 Å². The summed E-state index contributed by atoms with van der Waals surface area (Å²) in [6.07, 6.45) is 0. The fraction of sp³-hybridized carbons (Fsp3) is 0.136. The highest BCUT2D eigenvalue weighted by atomic mass is 32.2. The van der Waals surface area contributed by atoms with E-state index in [2.05, 4.69) is 10.0 Å². The Morgan fingerprint density at radius 2 is 1.41 bits per heavy atom. The maximum Gasteiger partial charge on any atom is 0.262 e. The molecule has 0 saturated carbocycles. The summed E-state index contributed by atoms with van der Waals surface area (Å²) >= 11 is 0. The van der Waals surface area contributed by atoms with Crippen molar-refractivity contribution in [1.82, 2.24) is 0 Å². The van der Waals surface area contributed by atoms with Crippen molar-refractivity contribution in [3.63, 3.8) is 0 Å². The number of halogens is 1. The summed E-state index contributed by atoms with van der Waals surface area (Å²) in [4.78, 5) is 12.5. The van der Waals surface area contributed by atoms with Gasteiger partial charge in [0, 0.05) is 16.9 Å². The molecule has 1 amide bonds. The van der Waals surface area contributed by atoms with Crippen LogP contribution in [0.3, 0.4) is 0 Å². The lowest BCUT2D eigenvalue weighted by Gasteiger charge is -2.13. The molecule has 0 fully saturated rings. The molecule has 0 unspecified atom stereocenters. The minimum absolute atomic E-state index is 0.0162. The Labute approximate surface area is 169 Å². The van der Waals surface area contributed by atoms with Crippen molar-refractivity contribution in [1.29, 1.82) is 0 Å². The summed E-state index contributed by atoms with van der Waals surface area (Å²) < 4.78 is 41.4. The Bertz CT molecular complexity index is 1170. The van der Waals surface area contributed by atoms with E-state index in [0.717, 1.165) is 11.1 Å². The minimum Gasteiger partial charge on any atom is -0.322 e. The van der Waals surface area contributed by atoms with Gasteiger partial charge in [0.25, 0.3) is 15.9 Å². The van der Waals surface area contributed by atoms with E-state index in [1.54, 1.807) is 31.2 Å². The molecule has 0 bridgehead atoms. The van der Waals surface area contributed by atoms with Crippen LogP contribution in [0.1, 0.15) is 27.0 Å². The average Bonchev–Trinajstić information content (AvgIpc) is 2.66. The molecule has 0 radical (unpaired) electrons. The molecule has 0 aliphatic heterocycles. The smallest absolute Gasteiger partial charge is 0.262 e. The molecule has 2 N–H and O–H groups in total. The predicted molar refractivity (Wildman–Crippen MR) is 112 cm³/mol. The van der Waals surface area contributed by atoms with E-state index >= 15 is 0 Å². The maximum atomic E-state index is 13.0. The summed E-state index contributed by atoms with van der Waals surface area (Å²) in [5.74, 6) is -0.900. The van der Waals surface area contributed by atoms with Crippen LogP contribution in [0.15, 0.2) is 65.6 Å². The monoisotopic (exact) mass is 412 g/mol. The number of rotatable bonds is 5. The third kappa shape index (κ3) is 4.81. The van der Waals surface area contributed by atoms with E-state index in [4.69, 9.17) is 0 Å². The van der Waals surface area contributed by atoms with Gasteiger partial charge in [0.2, 0.25) is 0 Å². The number of hydrogen-bond acceptors (Lipinski definition) is 3. The second kappa shape index (κ2) is 8.05. The van der Waals surface area contributed by atoms with Crippen LogP contribution in [0.4, 0.5) is 15.8 Å². The van der Waals surface area contributed by atoms with Crippen LogP contribution >= 0.6 is 0 Å². The fourth-order valence-corrected chi connectivity index (χ4v) is 4.10. The Kier molecular flexibility index (Phi) is 5.70. The second-order valence-corrected chi connectivity index (χ2v) is 8.50. The molecular formula is C22H21FN2O3S. The van der Waals surface area contributed by atoms with Gasteiger partial charge in [-0.05, 0) is 86.0 Å². The van der Waals surface area contributed by atoms with Gasteiger partial charge < -0.3 is 5.32 Å². The zero-order valence-corrected chi connectivity index (χ0v) is 17.1. The Hall–Kier alpha value is -3.19. The van der Waals surface area contributed by atoms with E-state index in [-0.39, 0.29) is 10.5 Å². The van der Waals surface area contributed by atoms with Gasteiger partial charge in [-0.3, -0.25) is 9.52 Å². The standard InChI is InChI=1S/C22H21FN2O3S/c1-14-5-9-20(12-16(14)3)25-29(27,28)21-13-17(6-4-15(21)2)22(26)24-19-10-7-18(23)8-11-19/h4-13,25H,1-3H3,(H,24,26). The zero-order chi connectivity index (χ0) is 21.2. The minimum atomic E-state index is -3.89. The fourth-order valence-electron chi connectivity index (χ4n) is 2.78. The summed E-state index contributed by atoms with van der Waals surface area (Å²) in [7, 11) is -3.89. The summed E-state index contributed by atoms with van der Waals surface area (Å²) in [5, 5.41) is 2.63. The first-order chi connectivity index (χ1) is 13.7. The number of carbonyl (C=O) groups is 1. The molecule has 150 valence electrons. The molecular weight excluding hydrogens is 391 g/mol. The summed E-state index contributed by atoms with van der Waals surface area (Å²) in [5.41, 5.74) is 3.58. The topological polar surface area (TPSA) is 75.3 Å². The van der Waals surface area contributed by atoms with Gasteiger partial charge in [0.15, 0.2) is 0 Å². The number of hydrogen-bond donors (Lipinski definition) is 2. The SMILES string of the molecule is Cc1ccc(NS(=O)(=O)c2cc(C(=O)Nc3ccc(F)cc3)ccc2C)cc1C. The first-order valence-corrected chi connectivity index (χ1v) is 10.4. The van der Waals surface area contributed by atoms with Crippen molar-refractivity contribution in [2.75, 3.05) is 10.0 Å². The number of carbonyl (C=O) groups excluding carboxylic acids is 1. The van der Waals surface area contributed by atoms with Crippen LogP contribution in [0.25, 0.3) is 0 Å². The number of amides is 1. The van der Waals surface area contributed by atoms with Gasteiger partial charge >= 0.3 is 0 Å². The average molecular weight is 412 g/mol. The van der Waals surface area contributed by atoms with Gasteiger partial charge in [0.05, 0.1) is 4.90 Å². The number of sulfonamides is 1. The van der Waals surface area contributed by atoms with Crippen molar-refractivity contribution in [3.05, 3.63) is 88.7 Å². The van der Waals surface area contributed by atoms with Crippen LogP contribution in [0.5, 0.6) is 0 Å². The molecule has 0 aromatic heterocycles. The third-order valence-electron chi connectivity index (χ3n) is 4.60. The van der Waals surface area contributed by atoms with E-state index in [0.29, 0.717) is 16.9 Å². The molecule has 3 rings (SSSR count). The number of aryl methyl sites for hydroxylation is 3. The van der Waals surface area contributed by atoms with Crippen molar-refractivity contribution in [3.8, 4) is 0 Å². The summed E-state index contributed by atoms with van der Waals surface area (Å²) in [6, 6.07) is 15.1.